The first kappa shape index (κ1) is 26.9. The van der Waals surface area contributed by atoms with Gasteiger partial charge in [0.2, 0.25) is 0 Å². The molecule has 0 amide bonds. The summed E-state index contributed by atoms with van der Waals surface area (Å²) in [5.41, 5.74) is 5.94. The normalized spacial score (nSPS) is 14.0. The molecule has 0 radical (unpaired) electrons. The quantitative estimate of drug-likeness (QED) is 0.394. The highest BCUT2D eigenvalue weighted by atomic mass is 32.1. The molecule has 37 heavy (non-hydrogen) atoms. The van der Waals surface area contributed by atoms with Gasteiger partial charge in [0.25, 0.3) is 0 Å². The molecule has 8 heteroatoms. The largest absolute Gasteiger partial charge is 0.490 e. The maximum Gasteiger partial charge on any atom is 0.169 e. The number of aryl methyl sites for hydroxylation is 1. The first-order valence-electron chi connectivity index (χ1n) is 13.2. The van der Waals surface area contributed by atoms with Gasteiger partial charge in [0, 0.05) is 50.5 Å². The van der Waals surface area contributed by atoms with Gasteiger partial charge in [0.05, 0.1) is 24.6 Å². The van der Waals surface area contributed by atoms with Gasteiger partial charge >= 0.3 is 0 Å². The average Bonchev–Trinajstić information content (AvgIpc) is 3.19. The molecule has 2 heterocycles. The summed E-state index contributed by atoms with van der Waals surface area (Å²) in [7, 11) is 0. The van der Waals surface area contributed by atoms with E-state index in [-0.39, 0.29) is 0 Å². The van der Waals surface area contributed by atoms with E-state index in [0.29, 0.717) is 13.2 Å². The third kappa shape index (κ3) is 6.81. The molecule has 1 aliphatic rings. The van der Waals surface area contributed by atoms with Gasteiger partial charge < -0.3 is 19.7 Å². The number of rotatable bonds is 10. The highest BCUT2D eigenvalue weighted by Crippen LogP contribution is 2.28. The predicted molar refractivity (Wildman–Crippen MR) is 153 cm³/mol. The molecule has 7 nitrogen and oxygen atoms in total. The van der Waals surface area contributed by atoms with Crippen molar-refractivity contribution in [3.8, 4) is 17.2 Å². The Balaban J connectivity index is 1.25. The maximum atomic E-state index is 5.75. The molecule has 4 rings (SSSR count). The van der Waals surface area contributed by atoms with Crippen molar-refractivity contribution in [1.82, 2.24) is 24.9 Å². The Morgan fingerprint density at radius 3 is 2.35 bits per heavy atom. The van der Waals surface area contributed by atoms with Crippen LogP contribution < -0.4 is 14.8 Å². The number of para-hydroxylation sites is 1. The Kier molecular flexibility index (Phi) is 9.41. The molecule has 0 saturated carbocycles. The van der Waals surface area contributed by atoms with Gasteiger partial charge in [-0.05, 0) is 76.2 Å². The lowest BCUT2D eigenvalue weighted by Crippen LogP contribution is -2.51. The number of ether oxygens (including phenoxy) is 2. The molecule has 1 fully saturated rings. The number of piperazine rings is 1. The molecule has 0 unspecified atom stereocenters. The number of benzene rings is 2. The van der Waals surface area contributed by atoms with Crippen LogP contribution in [0.1, 0.15) is 36.4 Å². The molecule has 1 N–H and O–H groups in total. The first-order chi connectivity index (χ1) is 18.0. The standard InChI is InChI=1S/C29H39N5O2S/c1-5-35-27-13-12-24(20-28(27)36-6-2)14-15-30-29(37)33-18-16-32(17-19-33)21-26-22(3)31-34(23(26)4)25-10-8-7-9-11-25/h7-13,20H,5-6,14-19,21H2,1-4H3,(H,30,37). The van der Waals surface area contributed by atoms with E-state index in [4.69, 9.17) is 26.8 Å². The molecule has 0 aliphatic carbocycles. The van der Waals surface area contributed by atoms with Crippen molar-refractivity contribution in [2.45, 2.75) is 40.7 Å². The Morgan fingerprint density at radius 2 is 1.65 bits per heavy atom. The molecule has 1 aliphatic heterocycles. The van der Waals surface area contributed by atoms with Gasteiger partial charge in [0.15, 0.2) is 16.6 Å². The smallest absolute Gasteiger partial charge is 0.169 e. The molecule has 1 aromatic heterocycles. The maximum absolute atomic E-state index is 5.75. The molecule has 0 bridgehead atoms. The minimum Gasteiger partial charge on any atom is -0.490 e. The molecular formula is C29H39N5O2S. The summed E-state index contributed by atoms with van der Waals surface area (Å²) in [6, 6.07) is 16.5. The molecule has 198 valence electrons. The van der Waals surface area contributed by atoms with Crippen molar-refractivity contribution < 1.29 is 9.47 Å². The topological polar surface area (TPSA) is 54.8 Å². The zero-order valence-electron chi connectivity index (χ0n) is 22.5. The number of hydrogen-bond acceptors (Lipinski definition) is 5. The molecule has 0 atom stereocenters. The third-order valence-electron chi connectivity index (χ3n) is 6.78. The summed E-state index contributed by atoms with van der Waals surface area (Å²) in [6.45, 7) is 15.0. The van der Waals surface area contributed by atoms with E-state index < -0.39 is 0 Å². The molecule has 1 saturated heterocycles. The minimum atomic E-state index is 0.617. The van der Waals surface area contributed by atoms with Gasteiger partial charge in [0.1, 0.15) is 0 Å². The van der Waals surface area contributed by atoms with E-state index in [1.807, 2.05) is 26.0 Å². The second kappa shape index (κ2) is 12.9. The monoisotopic (exact) mass is 521 g/mol. The number of aromatic nitrogens is 2. The summed E-state index contributed by atoms with van der Waals surface area (Å²) in [5.74, 6) is 1.60. The van der Waals surface area contributed by atoms with E-state index in [0.717, 1.165) is 73.7 Å². The predicted octanol–water partition coefficient (Wildman–Crippen LogP) is 4.52. The highest BCUT2D eigenvalue weighted by molar-refractivity contribution is 7.80. The van der Waals surface area contributed by atoms with E-state index >= 15 is 0 Å². The molecule has 0 spiro atoms. The fourth-order valence-corrected chi connectivity index (χ4v) is 5.02. The fraction of sp³-hybridized carbons (Fsp3) is 0.448. The van der Waals surface area contributed by atoms with Crippen molar-refractivity contribution in [3.05, 3.63) is 71.0 Å². The fourth-order valence-electron chi connectivity index (χ4n) is 4.73. The van der Waals surface area contributed by atoms with Gasteiger partial charge in [-0.25, -0.2) is 4.68 Å². The van der Waals surface area contributed by atoms with Crippen molar-refractivity contribution >= 4 is 17.3 Å². The van der Waals surface area contributed by atoms with Gasteiger partial charge in [-0.1, -0.05) is 24.3 Å². The zero-order chi connectivity index (χ0) is 26.2. The molecular weight excluding hydrogens is 482 g/mol. The van der Waals surface area contributed by atoms with E-state index in [1.54, 1.807) is 0 Å². The summed E-state index contributed by atoms with van der Waals surface area (Å²) in [6.07, 6.45) is 0.872. The molecule has 2 aromatic carbocycles. The lowest BCUT2D eigenvalue weighted by Gasteiger charge is -2.36. The van der Waals surface area contributed by atoms with Crippen LogP contribution in [0.25, 0.3) is 5.69 Å². The van der Waals surface area contributed by atoms with E-state index in [2.05, 4.69) is 70.0 Å². The summed E-state index contributed by atoms with van der Waals surface area (Å²) >= 11 is 5.72. The van der Waals surface area contributed by atoms with Crippen LogP contribution in [0.3, 0.4) is 0 Å². The van der Waals surface area contributed by atoms with Crippen LogP contribution in [-0.4, -0.2) is 70.6 Å². The van der Waals surface area contributed by atoms with E-state index in [1.165, 1.54) is 16.8 Å². The first-order valence-corrected chi connectivity index (χ1v) is 13.6. The van der Waals surface area contributed by atoms with Crippen LogP contribution >= 0.6 is 12.2 Å². The van der Waals surface area contributed by atoms with Gasteiger partial charge in [-0.15, -0.1) is 0 Å². The van der Waals surface area contributed by atoms with Crippen LogP contribution in [0.2, 0.25) is 0 Å². The van der Waals surface area contributed by atoms with Crippen molar-refractivity contribution in [3.63, 3.8) is 0 Å². The van der Waals surface area contributed by atoms with Crippen molar-refractivity contribution in [2.75, 3.05) is 45.9 Å². The lowest BCUT2D eigenvalue weighted by atomic mass is 10.1. The Bertz CT molecular complexity index is 1170. The zero-order valence-corrected chi connectivity index (χ0v) is 23.3. The minimum absolute atomic E-state index is 0.617. The molecule has 3 aromatic rings. The average molecular weight is 522 g/mol. The second-order valence-electron chi connectivity index (χ2n) is 9.29. The van der Waals surface area contributed by atoms with Crippen LogP contribution in [0, 0.1) is 13.8 Å². The van der Waals surface area contributed by atoms with Crippen LogP contribution in [-0.2, 0) is 13.0 Å². The van der Waals surface area contributed by atoms with Crippen molar-refractivity contribution in [1.29, 1.82) is 0 Å². The summed E-state index contributed by atoms with van der Waals surface area (Å²) in [4.78, 5) is 4.78. The Labute approximate surface area is 226 Å². The highest BCUT2D eigenvalue weighted by Gasteiger charge is 2.22. The number of nitrogens with zero attached hydrogens (tertiary/aromatic N) is 4. The van der Waals surface area contributed by atoms with Crippen LogP contribution in [0.5, 0.6) is 11.5 Å². The van der Waals surface area contributed by atoms with Gasteiger partial charge in [-0.2, -0.15) is 5.10 Å². The summed E-state index contributed by atoms with van der Waals surface area (Å²) < 4.78 is 13.5. The second-order valence-corrected chi connectivity index (χ2v) is 9.68. The van der Waals surface area contributed by atoms with Gasteiger partial charge in [-0.3, -0.25) is 4.90 Å². The number of nitrogens with one attached hydrogen (secondary N) is 1. The SMILES string of the molecule is CCOc1ccc(CCNC(=S)N2CCN(Cc3c(C)nn(-c4ccccc4)c3C)CC2)cc1OCC. The number of thiocarbonyl (C=S) groups is 1. The lowest BCUT2D eigenvalue weighted by molar-refractivity contribution is 0.174. The summed E-state index contributed by atoms with van der Waals surface area (Å²) in [5, 5.41) is 9.09. The van der Waals surface area contributed by atoms with Crippen LogP contribution in [0.15, 0.2) is 48.5 Å². The Morgan fingerprint density at radius 1 is 0.946 bits per heavy atom. The van der Waals surface area contributed by atoms with Crippen molar-refractivity contribution in [2.24, 2.45) is 0 Å². The van der Waals surface area contributed by atoms with Crippen LogP contribution in [0.4, 0.5) is 0 Å². The Hall–Kier alpha value is -3.10. The third-order valence-corrected chi connectivity index (χ3v) is 7.18. The van der Waals surface area contributed by atoms with E-state index in [9.17, 15) is 0 Å². The number of hydrogen-bond donors (Lipinski definition) is 1.